The first-order valence-electron chi connectivity index (χ1n) is 6.65. The van der Waals surface area contributed by atoms with E-state index in [1.807, 2.05) is 0 Å². The van der Waals surface area contributed by atoms with E-state index in [9.17, 15) is 14.4 Å². The molecule has 2 aliphatic rings. The topological polar surface area (TPSA) is 125 Å². The van der Waals surface area contributed by atoms with Crippen LogP contribution in [0, 0.1) is 0 Å². The summed E-state index contributed by atoms with van der Waals surface area (Å²) >= 11 is 1.24. The molecule has 2 aliphatic heterocycles. The maximum atomic E-state index is 12.4. The fourth-order valence-corrected chi connectivity index (χ4v) is 3.61. The minimum Gasteiger partial charge on any atom is -0.477 e. The van der Waals surface area contributed by atoms with Crippen molar-refractivity contribution < 1.29 is 24.2 Å². The summed E-state index contributed by atoms with van der Waals surface area (Å²) in [6.45, 7) is 1.40. The number of nitrogens with one attached hydrogen (secondary N) is 1. The van der Waals surface area contributed by atoms with Gasteiger partial charge in [-0.05, 0) is 5.57 Å². The van der Waals surface area contributed by atoms with E-state index in [0.717, 1.165) is 0 Å². The second-order valence-electron chi connectivity index (χ2n) is 4.81. The van der Waals surface area contributed by atoms with Crippen molar-refractivity contribution >= 4 is 35.2 Å². The van der Waals surface area contributed by atoms with E-state index >= 15 is 0 Å². The smallest absolute Gasteiger partial charge is 0.353 e. The Labute approximate surface area is 134 Å². The van der Waals surface area contributed by atoms with Gasteiger partial charge in [-0.1, -0.05) is 0 Å². The van der Waals surface area contributed by atoms with Crippen molar-refractivity contribution in [2.45, 2.75) is 18.7 Å². The maximum Gasteiger partial charge on any atom is 0.353 e. The van der Waals surface area contributed by atoms with Crippen LogP contribution < -0.4 is 0 Å². The number of carboxylic acid groups (broad SMARTS) is 1. The molecule has 3 heterocycles. The number of carbonyl (C=O) groups is 3. The van der Waals surface area contributed by atoms with Crippen LogP contribution in [0.2, 0.25) is 0 Å². The highest BCUT2D eigenvalue weighted by Crippen LogP contribution is 2.47. The predicted molar refractivity (Wildman–Crippen MR) is 78.5 cm³/mol. The molecule has 1 saturated heterocycles. The van der Waals surface area contributed by atoms with Gasteiger partial charge in [0.25, 0.3) is 5.91 Å². The molecule has 10 heteroatoms. The summed E-state index contributed by atoms with van der Waals surface area (Å²) in [6, 6.07) is 0. The lowest BCUT2D eigenvalue weighted by Crippen LogP contribution is -2.51. The summed E-state index contributed by atoms with van der Waals surface area (Å²) in [6.07, 6.45) is 1.76. The average Bonchev–Trinajstić information content (AvgIpc) is 3.13. The summed E-state index contributed by atoms with van der Waals surface area (Å²) in [5, 5.41) is 20.3. The van der Waals surface area contributed by atoms with E-state index in [-0.39, 0.29) is 18.2 Å². The monoisotopic (exact) mass is 336 g/mol. The Morgan fingerprint density at radius 3 is 2.91 bits per heavy atom. The van der Waals surface area contributed by atoms with E-state index in [2.05, 4.69) is 15.4 Å². The van der Waals surface area contributed by atoms with Crippen molar-refractivity contribution in [3.8, 4) is 0 Å². The van der Waals surface area contributed by atoms with Gasteiger partial charge in [-0.3, -0.25) is 14.5 Å². The molecule has 1 amide bonds. The van der Waals surface area contributed by atoms with Crippen LogP contribution in [0.25, 0.3) is 5.57 Å². The molecule has 0 aliphatic carbocycles. The van der Waals surface area contributed by atoms with Gasteiger partial charge in [0.05, 0.1) is 18.4 Å². The van der Waals surface area contributed by atoms with Gasteiger partial charge in [-0.2, -0.15) is 15.4 Å². The quantitative estimate of drug-likeness (QED) is 0.448. The van der Waals surface area contributed by atoms with Crippen LogP contribution in [0.1, 0.15) is 19.0 Å². The standard InChI is InChI=1S/C13H12N4O5S/c1-6(18)22-3-2-7(8-4-14-16-15-8)10-11(19)17-9(13(20)21)5-23-12(10)17/h4-5,12H,2-3H2,1H3,(H,20,21)(H,14,15,16)/b10-7-/t12-/m1/s1. The molecule has 1 aromatic heterocycles. The van der Waals surface area contributed by atoms with Gasteiger partial charge in [-0.25, -0.2) is 4.79 Å². The Balaban J connectivity index is 1.88. The normalized spacial score (nSPS) is 21.4. The highest BCUT2D eigenvalue weighted by Gasteiger charge is 2.51. The number of rotatable bonds is 5. The molecule has 3 rings (SSSR count). The largest absolute Gasteiger partial charge is 0.477 e. The third-order valence-electron chi connectivity index (χ3n) is 3.42. The van der Waals surface area contributed by atoms with E-state index in [0.29, 0.717) is 23.3 Å². The molecule has 1 aromatic rings. The lowest BCUT2D eigenvalue weighted by Gasteiger charge is -2.38. The number of β-lactam (4-membered cyclic amide) rings is 1. The van der Waals surface area contributed by atoms with Gasteiger partial charge in [0.15, 0.2) is 0 Å². The molecule has 0 saturated carbocycles. The van der Waals surface area contributed by atoms with Crippen LogP contribution in [0.5, 0.6) is 0 Å². The lowest BCUT2D eigenvalue weighted by atomic mass is 9.94. The van der Waals surface area contributed by atoms with Gasteiger partial charge in [-0.15, -0.1) is 11.8 Å². The number of aliphatic carboxylic acids is 1. The molecule has 0 radical (unpaired) electrons. The number of hydrogen-bond acceptors (Lipinski definition) is 7. The molecule has 2 N–H and O–H groups in total. The first-order valence-corrected chi connectivity index (χ1v) is 7.60. The summed E-state index contributed by atoms with van der Waals surface area (Å²) in [4.78, 5) is 35.6. The Hall–Kier alpha value is -2.62. The van der Waals surface area contributed by atoms with Crippen LogP contribution >= 0.6 is 11.8 Å². The van der Waals surface area contributed by atoms with Crippen LogP contribution in [-0.4, -0.2) is 55.2 Å². The number of ether oxygens (including phenoxy) is 1. The highest BCUT2D eigenvalue weighted by molar-refractivity contribution is 8.03. The first kappa shape index (κ1) is 15.3. The SMILES string of the molecule is CC(=O)OCC/C(=C1\C(=O)N2C(C(=O)O)=CS[C@H]12)c1cn[nH]n1. The van der Waals surface area contributed by atoms with Gasteiger partial charge >= 0.3 is 11.9 Å². The number of carboxylic acids is 1. The maximum absolute atomic E-state index is 12.4. The number of amides is 1. The number of nitrogens with zero attached hydrogens (tertiary/aromatic N) is 3. The zero-order valence-corrected chi connectivity index (χ0v) is 12.8. The number of esters is 1. The van der Waals surface area contributed by atoms with Gasteiger partial charge in [0.2, 0.25) is 0 Å². The van der Waals surface area contributed by atoms with Gasteiger partial charge in [0.1, 0.15) is 16.8 Å². The average molecular weight is 336 g/mol. The Morgan fingerprint density at radius 1 is 1.52 bits per heavy atom. The van der Waals surface area contributed by atoms with Crippen LogP contribution in [0.3, 0.4) is 0 Å². The third kappa shape index (κ3) is 2.61. The van der Waals surface area contributed by atoms with Crippen LogP contribution in [0.15, 0.2) is 22.9 Å². The van der Waals surface area contributed by atoms with Crippen molar-refractivity contribution in [2.24, 2.45) is 0 Å². The van der Waals surface area contributed by atoms with Crippen molar-refractivity contribution in [3.05, 3.63) is 28.6 Å². The minimum absolute atomic E-state index is 0.0340. The highest BCUT2D eigenvalue weighted by atomic mass is 32.2. The van der Waals surface area contributed by atoms with E-state index in [1.54, 1.807) is 0 Å². The third-order valence-corrected chi connectivity index (χ3v) is 4.49. The van der Waals surface area contributed by atoms with Crippen LogP contribution in [0.4, 0.5) is 0 Å². The van der Waals surface area contributed by atoms with Gasteiger partial charge in [0, 0.05) is 18.8 Å². The number of H-pyrrole nitrogens is 1. The fraction of sp³-hybridized carbons (Fsp3) is 0.308. The molecule has 1 atom stereocenters. The zero-order chi connectivity index (χ0) is 16.6. The minimum atomic E-state index is -1.14. The number of aromatic nitrogens is 3. The summed E-state index contributed by atoms with van der Waals surface area (Å²) in [7, 11) is 0. The molecule has 1 fully saturated rings. The zero-order valence-electron chi connectivity index (χ0n) is 12.0. The van der Waals surface area contributed by atoms with E-state index in [1.165, 1.54) is 35.2 Å². The molecule has 0 bridgehead atoms. The number of hydrogen-bond donors (Lipinski definition) is 2. The molecule has 0 unspecified atom stereocenters. The molecule has 120 valence electrons. The van der Waals surface area contributed by atoms with Gasteiger partial charge < -0.3 is 9.84 Å². The number of thioether (sulfide) groups is 1. The molecular weight excluding hydrogens is 324 g/mol. The number of aromatic amines is 1. The molecule has 9 nitrogen and oxygen atoms in total. The Morgan fingerprint density at radius 2 is 2.30 bits per heavy atom. The summed E-state index contributed by atoms with van der Waals surface area (Å²) < 4.78 is 4.92. The van der Waals surface area contributed by atoms with Crippen molar-refractivity contribution in [1.82, 2.24) is 20.3 Å². The van der Waals surface area contributed by atoms with Crippen LogP contribution in [-0.2, 0) is 19.1 Å². The van der Waals surface area contributed by atoms with E-state index in [4.69, 9.17) is 9.84 Å². The van der Waals surface area contributed by atoms with E-state index < -0.39 is 17.3 Å². The number of carbonyl (C=O) groups excluding carboxylic acids is 2. The lowest BCUT2D eigenvalue weighted by molar-refractivity contribution is -0.141. The fourth-order valence-electron chi connectivity index (χ4n) is 2.43. The Bertz CT molecular complexity index is 740. The molecule has 0 spiro atoms. The first-order chi connectivity index (χ1) is 11.0. The van der Waals surface area contributed by atoms with Crippen molar-refractivity contribution in [3.63, 3.8) is 0 Å². The molecule has 0 aromatic carbocycles. The Kier molecular flexibility index (Phi) is 3.90. The summed E-state index contributed by atoms with van der Waals surface area (Å²) in [5.74, 6) is -1.94. The van der Waals surface area contributed by atoms with Crippen molar-refractivity contribution in [1.29, 1.82) is 0 Å². The second-order valence-corrected chi connectivity index (χ2v) is 5.76. The van der Waals surface area contributed by atoms with Crippen molar-refractivity contribution in [2.75, 3.05) is 6.61 Å². The second kappa shape index (κ2) is 5.88. The molecular formula is C13H12N4O5S. The summed E-state index contributed by atoms with van der Waals surface area (Å²) in [5.41, 5.74) is 1.50. The number of fused-ring (bicyclic) bond motifs is 1. The molecule has 23 heavy (non-hydrogen) atoms. The predicted octanol–water partition coefficient (Wildman–Crippen LogP) is 0.353.